The number of hydrogen-bond acceptors (Lipinski definition) is 36. The molecular weight excluding hydrogens is 1630 g/mol. The Labute approximate surface area is 715 Å². The fraction of sp³-hybridized carbons (Fsp3) is 0.695. The standard InChI is InChI=1S/C36H45N5O11.C27H44N2O10S.C12H22O7.C7H16O4/c1-3-25(22-42)50-30(46-2)23-49-29(44)13-7-12-28(43)37-14-4-5-18-48-36(45)51-26-10-6-9-24(21-26)33-39-31-27-11-8-15-38-35(27)52-32(31)34(40-33)41-16-19-47-20-17-41;1-4-20(31)19-10-8-18(9-11-19)15-29-23(33)14-21(27(29)35)40-13-12-28-22(32)6-5-7-24(34)38-17-26(37-3)39-25(16-30)36-2;1-3-9(7-13)19-12(17-2)8-18-11(16)6-4-5-10(14)15;1-3-6(4-8)11-7(5-9)10-2/h6,8-11,15,21,25,30,42H,3-5,7,12-14,16-20,22-23H2,1-2H3,(H,37,43);18-19,21,25-26,30H,4-17H2,1-3H3,(H,28,32);9,12-13H,3-8H2,1-2H3,(H,14,15);6-9H,3-5H2,1-2H3. The molecule has 40 heteroatoms. The number of fused-ring (bicyclic) bond motifs is 3. The van der Waals surface area contributed by atoms with Crippen LogP contribution in [-0.4, -0.2) is 312 Å². The number of esters is 3. The van der Waals surface area contributed by atoms with Gasteiger partial charge in [-0.2, -0.15) is 0 Å². The summed E-state index contributed by atoms with van der Waals surface area (Å²) < 4.78 is 83.4. The van der Waals surface area contributed by atoms with E-state index in [1.165, 1.54) is 52.2 Å². The number of imide groups is 1. The Morgan fingerprint density at radius 3 is 1.63 bits per heavy atom. The fourth-order valence-electron chi connectivity index (χ4n) is 12.1. The number of methoxy groups -OCH3 is 5. The van der Waals surface area contributed by atoms with Crippen LogP contribution in [0, 0.1) is 11.8 Å². The zero-order chi connectivity index (χ0) is 89.6. The average molecular weight is 1760 g/mol. The Bertz CT molecular complexity index is 3690. The van der Waals surface area contributed by atoms with Crippen molar-refractivity contribution in [2.24, 2.45) is 11.8 Å². The summed E-state index contributed by atoms with van der Waals surface area (Å²) in [5, 5.41) is 58.9. The number of hydrogen-bond donors (Lipinski definition) is 8. The first kappa shape index (κ1) is 106. The third-order valence-electron chi connectivity index (χ3n) is 19.2. The van der Waals surface area contributed by atoms with Crippen LogP contribution < -0.4 is 20.3 Å². The molecule has 2 saturated heterocycles. The first-order valence-corrected chi connectivity index (χ1v) is 42.3. The highest BCUT2D eigenvalue weighted by atomic mass is 32.2. The number of carbonyl (C=O) groups excluding carboxylic acids is 9. The monoisotopic (exact) mass is 1750 g/mol. The Morgan fingerprint density at radius 2 is 1.11 bits per heavy atom. The molecule has 0 spiro atoms. The van der Waals surface area contributed by atoms with E-state index in [4.69, 9.17) is 111 Å². The van der Waals surface area contributed by atoms with Gasteiger partial charge in [0.2, 0.25) is 29.3 Å². The Kier molecular flexibility index (Phi) is 53.8. The maximum absolute atomic E-state index is 12.8. The highest BCUT2D eigenvalue weighted by molar-refractivity contribution is 8.00. The second kappa shape index (κ2) is 61.9. The number of carboxylic acids is 1. The zero-order valence-electron chi connectivity index (χ0n) is 71.5. The van der Waals surface area contributed by atoms with E-state index in [0.29, 0.717) is 143 Å². The van der Waals surface area contributed by atoms with Gasteiger partial charge < -0.3 is 122 Å². The summed E-state index contributed by atoms with van der Waals surface area (Å²) in [5.74, 6) is -0.641. The zero-order valence-corrected chi connectivity index (χ0v) is 72.3. The first-order chi connectivity index (χ1) is 58.9. The summed E-state index contributed by atoms with van der Waals surface area (Å²) in [4.78, 5) is 137. The van der Waals surface area contributed by atoms with E-state index >= 15 is 0 Å². The average Bonchev–Trinajstić information content (AvgIpc) is 1.59. The van der Waals surface area contributed by atoms with Gasteiger partial charge in [0, 0.05) is 143 Å². The third kappa shape index (κ3) is 40.6. The van der Waals surface area contributed by atoms with Crippen LogP contribution in [0.15, 0.2) is 47.0 Å². The molecule has 3 fully saturated rings. The molecular formula is C82H127N7O32S. The van der Waals surface area contributed by atoms with Crippen LogP contribution in [0.4, 0.5) is 10.6 Å². The summed E-state index contributed by atoms with van der Waals surface area (Å²) in [6.45, 7) is 9.92. The molecule has 0 radical (unpaired) electrons. The van der Waals surface area contributed by atoms with E-state index in [0.717, 1.165) is 31.1 Å². The number of carboxylic acid groups (broad SMARTS) is 1. The molecule has 3 aliphatic rings. The quantitative estimate of drug-likeness (QED) is 0.00640. The summed E-state index contributed by atoms with van der Waals surface area (Å²) >= 11 is 1.36. The SMILES string of the molecule is CCC(=O)C1CCC(CN2C(=O)CC(SCCNC(=O)CCCC(=O)OCC(OC)OC(CO)OC)C2=O)CC1.CCC(CO)OC(CO)OC.CCC(CO)OC(COC(=O)CCCC(=O)NCCCCOC(=O)Oc1cccc(-c2nc(N3CCOCC3)c3oc4ncccc4c3n2)c1)OC.CCC(CO)OC(COC(=O)CCCC(=O)O)OC. The lowest BCUT2D eigenvalue weighted by atomic mass is 9.79. The van der Waals surface area contributed by atoms with Crippen LogP contribution in [0.5, 0.6) is 5.75 Å². The Morgan fingerprint density at radius 1 is 0.590 bits per heavy atom. The number of pyridine rings is 1. The molecule has 4 amide bonds. The number of thioether (sulfide) groups is 1. The number of unbranched alkanes of at least 4 members (excludes halogenated alkanes) is 1. The minimum atomic E-state index is -0.945. The number of aliphatic hydroxyl groups is 5. The van der Waals surface area contributed by atoms with Gasteiger partial charge in [-0.1, -0.05) is 39.8 Å². The van der Waals surface area contributed by atoms with Gasteiger partial charge in [-0.05, 0) is 107 Å². The number of anilines is 1. The molecule has 7 rings (SSSR count). The third-order valence-corrected chi connectivity index (χ3v) is 20.4. The van der Waals surface area contributed by atoms with Gasteiger partial charge in [-0.3, -0.25) is 48.1 Å². The molecule has 122 heavy (non-hydrogen) atoms. The molecule has 1 saturated carbocycles. The lowest BCUT2D eigenvalue weighted by Gasteiger charge is -2.30. The molecule has 1 aromatic carbocycles. The number of aliphatic hydroxyl groups excluding tert-OH is 5. The smallest absolute Gasteiger partial charge is 0.481 e. The molecule has 39 nitrogen and oxygen atoms in total. The normalized spacial score (nSPS) is 17.1. The lowest BCUT2D eigenvalue weighted by Crippen LogP contribution is -2.37. The number of nitrogens with one attached hydrogen (secondary N) is 2. The number of benzene rings is 1. The van der Waals surface area contributed by atoms with E-state index in [1.807, 2.05) is 45.9 Å². The molecule has 2 aliphatic heterocycles. The number of likely N-dealkylation sites (tertiary alicyclic amines) is 1. The summed E-state index contributed by atoms with van der Waals surface area (Å²) in [7, 11) is 7.01. The van der Waals surface area contributed by atoms with Gasteiger partial charge in [0.25, 0.3) is 0 Å². The van der Waals surface area contributed by atoms with Crippen LogP contribution in [0.25, 0.3) is 33.6 Å². The van der Waals surface area contributed by atoms with Crippen LogP contribution in [0.1, 0.15) is 156 Å². The minimum absolute atomic E-state index is 0.0391. The number of furan rings is 1. The number of amides is 4. The Balaban J connectivity index is 0.000000391. The summed E-state index contributed by atoms with van der Waals surface area (Å²) in [6.07, 6.45) is 4.20. The van der Waals surface area contributed by atoms with Gasteiger partial charge in [-0.25, -0.2) is 19.7 Å². The number of carbonyl (C=O) groups is 10. The van der Waals surface area contributed by atoms with Crippen molar-refractivity contribution in [3.05, 3.63) is 42.6 Å². The van der Waals surface area contributed by atoms with Crippen LogP contribution >= 0.6 is 11.8 Å². The van der Waals surface area contributed by atoms with Crippen LogP contribution in [-0.2, 0) is 109 Å². The molecule has 4 aromatic rings. The predicted molar refractivity (Wildman–Crippen MR) is 439 cm³/mol. The number of aromatic nitrogens is 3. The predicted octanol–water partition coefficient (Wildman–Crippen LogP) is 5.86. The van der Waals surface area contributed by atoms with Crippen molar-refractivity contribution in [1.82, 2.24) is 30.5 Å². The van der Waals surface area contributed by atoms with Crippen LogP contribution in [0.2, 0.25) is 0 Å². The summed E-state index contributed by atoms with van der Waals surface area (Å²) in [6, 6.07) is 10.6. The van der Waals surface area contributed by atoms with E-state index in [9.17, 15) is 53.1 Å². The van der Waals surface area contributed by atoms with Crippen LogP contribution in [0.3, 0.4) is 0 Å². The highest BCUT2D eigenvalue weighted by Gasteiger charge is 2.41. The van der Waals surface area contributed by atoms with Crippen molar-refractivity contribution in [2.75, 3.05) is 152 Å². The van der Waals surface area contributed by atoms with Gasteiger partial charge in [0.15, 0.2) is 48.7 Å². The largest absolute Gasteiger partial charge is 0.513 e. The molecule has 8 N–H and O–H groups in total. The van der Waals surface area contributed by atoms with Gasteiger partial charge in [-0.15, -0.1) is 11.8 Å². The topological polar surface area (TPSA) is 513 Å². The van der Waals surface area contributed by atoms with Crippen molar-refractivity contribution in [3.8, 4) is 17.1 Å². The van der Waals surface area contributed by atoms with E-state index < -0.39 is 72.8 Å². The number of nitrogens with zero attached hydrogens (tertiary/aromatic N) is 5. The number of morpholine rings is 1. The molecule has 0 bridgehead atoms. The van der Waals surface area contributed by atoms with Crippen molar-refractivity contribution in [1.29, 1.82) is 0 Å². The lowest BCUT2D eigenvalue weighted by molar-refractivity contribution is -0.251. The van der Waals surface area contributed by atoms with Gasteiger partial charge in [0.05, 0.1) is 81.8 Å². The molecule has 3 aromatic heterocycles. The number of ether oxygens (including phenoxy) is 15. The molecule has 5 heterocycles. The minimum Gasteiger partial charge on any atom is -0.481 e. The second-order valence-corrected chi connectivity index (χ2v) is 29.4. The maximum Gasteiger partial charge on any atom is 0.513 e. The maximum atomic E-state index is 12.8. The molecule has 9 unspecified atom stereocenters. The molecule has 9 atom stereocenters. The number of ketones is 1. The van der Waals surface area contributed by atoms with E-state index in [1.54, 1.807) is 24.4 Å². The fourth-order valence-corrected chi connectivity index (χ4v) is 13.1. The number of Topliss-reactive ketones (excluding diaryl/α,β-unsaturated/α-hetero) is 1. The Hall–Kier alpha value is -8.30. The van der Waals surface area contributed by atoms with Crippen molar-refractivity contribution < 1.29 is 154 Å². The number of rotatable bonds is 55. The molecule has 688 valence electrons. The first-order valence-electron chi connectivity index (χ1n) is 41.2. The molecule has 1 aliphatic carbocycles. The van der Waals surface area contributed by atoms with Crippen molar-refractivity contribution in [3.63, 3.8) is 0 Å². The van der Waals surface area contributed by atoms with Crippen molar-refractivity contribution >= 4 is 99.2 Å². The van der Waals surface area contributed by atoms with E-state index in [2.05, 4.69) is 20.5 Å². The van der Waals surface area contributed by atoms with E-state index in [-0.39, 0.29) is 164 Å². The van der Waals surface area contributed by atoms with Gasteiger partial charge in [0.1, 0.15) is 36.9 Å². The number of aliphatic carboxylic acids is 1. The second-order valence-electron chi connectivity index (χ2n) is 28.1. The highest BCUT2D eigenvalue weighted by Crippen LogP contribution is 2.36. The van der Waals surface area contributed by atoms with Crippen molar-refractivity contribution in [2.45, 2.75) is 211 Å². The summed E-state index contributed by atoms with van der Waals surface area (Å²) in [5.41, 5.74) is 2.30. The van der Waals surface area contributed by atoms with Gasteiger partial charge >= 0.3 is 30.0 Å².